The van der Waals surface area contributed by atoms with Crippen LogP contribution >= 0.6 is 0 Å². The molecule has 40 heavy (non-hydrogen) atoms. The maximum absolute atomic E-state index is 5.59. The van der Waals surface area contributed by atoms with Crippen LogP contribution in [0.25, 0.3) is 22.5 Å². The molecule has 0 fully saturated rings. The lowest BCUT2D eigenvalue weighted by Gasteiger charge is -2.23. The number of hydrogen-bond donors (Lipinski definition) is 0. The minimum atomic E-state index is -0.0390. The first-order chi connectivity index (χ1) is 19.6. The molecule has 0 N–H and O–H groups in total. The molecule has 0 spiro atoms. The van der Waals surface area contributed by atoms with Crippen LogP contribution < -0.4 is 14.5 Å². The summed E-state index contributed by atoms with van der Waals surface area (Å²) in [5, 5.41) is 7.08. The van der Waals surface area contributed by atoms with E-state index in [1.165, 1.54) is 5.56 Å². The first-order valence-electron chi connectivity index (χ1n) is 13.3. The van der Waals surface area contributed by atoms with Gasteiger partial charge in [-0.1, -0.05) is 90.5 Å². The van der Waals surface area contributed by atoms with Gasteiger partial charge >= 0.3 is 0 Å². The summed E-state index contributed by atoms with van der Waals surface area (Å²) >= 11 is 0. The zero-order valence-electron chi connectivity index (χ0n) is 22.8. The Bertz CT molecular complexity index is 1650. The van der Waals surface area contributed by atoms with Crippen LogP contribution in [0.2, 0.25) is 0 Å². The molecule has 1 aliphatic rings. The lowest BCUT2D eigenvalue weighted by Crippen LogP contribution is -2.21. The van der Waals surface area contributed by atoms with Gasteiger partial charge in [0, 0.05) is 17.5 Å². The van der Waals surface area contributed by atoms with Gasteiger partial charge in [-0.05, 0) is 42.3 Å². The molecule has 6 heteroatoms. The van der Waals surface area contributed by atoms with Crippen molar-refractivity contribution in [1.82, 2.24) is 9.97 Å². The van der Waals surface area contributed by atoms with E-state index in [9.17, 15) is 0 Å². The molecule has 0 amide bonds. The molecule has 0 aliphatic carbocycles. The van der Waals surface area contributed by atoms with Crippen molar-refractivity contribution in [1.29, 1.82) is 0 Å². The molecule has 4 aromatic carbocycles. The van der Waals surface area contributed by atoms with Gasteiger partial charge in [0.25, 0.3) is 0 Å². The zero-order valence-corrected chi connectivity index (χ0v) is 22.8. The monoisotopic (exact) mass is 526 g/mol. The molecule has 6 rings (SSSR count). The normalized spacial score (nSPS) is 14.6. The van der Waals surface area contributed by atoms with Crippen molar-refractivity contribution in [3.63, 3.8) is 0 Å². The number of aryl methyl sites for hydroxylation is 1. The van der Waals surface area contributed by atoms with E-state index in [4.69, 9.17) is 24.5 Å². The predicted octanol–water partition coefficient (Wildman–Crippen LogP) is 7.49. The summed E-state index contributed by atoms with van der Waals surface area (Å²) in [6, 6.07) is 36.9. The third-order valence-electron chi connectivity index (χ3n) is 7.15. The maximum Gasteiger partial charge on any atom is 0.247 e. The molecule has 1 aliphatic heterocycles. The summed E-state index contributed by atoms with van der Waals surface area (Å²) in [6.45, 7) is 2.08. The summed E-state index contributed by atoms with van der Waals surface area (Å²) in [5.74, 6) is 1.85. The minimum absolute atomic E-state index is 0.0390. The van der Waals surface area contributed by atoms with Gasteiger partial charge in [0.05, 0.1) is 37.4 Å². The molecule has 6 nitrogen and oxygen atoms in total. The van der Waals surface area contributed by atoms with Crippen molar-refractivity contribution in [3.8, 4) is 34.0 Å². The lowest BCUT2D eigenvalue weighted by molar-refractivity contribution is 0.355. The van der Waals surface area contributed by atoms with E-state index >= 15 is 0 Å². The maximum atomic E-state index is 5.59. The second kappa shape index (κ2) is 11.0. The number of benzene rings is 4. The predicted molar refractivity (Wildman–Crippen MR) is 160 cm³/mol. The van der Waals surface area contributed by atoms with Crippen molar-refractivity contribution < 1.29 is 9.47 Å². The smallest absolute Gasteiger partial charge is 0.247 e. The minimum Gasteiger partial charge on any atom is -0.493 e. The molecule has 5 aromatic rings. The SMILES string of the molecule is COc1ccc(-c2cc(-c3ccc(C)cc3)nc(N3N=C(c4ccccc4)C[C@@H]3c3ccccc3)n2)cc1OC. The number of ether oxygens (including phenoxy) is 2. The van der Waals surface area contributed by atoms with Gasteiger partial charge in [0.15, 0.2) is 11.5 Å². The van der Waals surface area contributed by atoms with Gasteiger partial charge in [0.1, 0.15) is 0 Å². The number of aromatic nitrogens is 2. The molecule has 1 atom stereocenters. The summed E-state index contributed by atoms with van der Waals surface area (Å²) in [6.07, 6.45) is 0.748. The van der Waals surface area contributed by atoms with Gasteiger partial charge in [-0.15, -0.1) is 0 Å². The van der Waals surface area contributed by atoms with E-state index < -0.39 is 0 Å². The third-order valence-corrected chi connectivity index (χ3v) is 7.15. The molecule has 0 bridgehead atoms. The van der Waals surface area contributed by atoms with Gasteiger partial charge in [-0.3, -0.25) is 0 Å². The van der Waals surface area contributed by atoms with Crippen molar-refractivity contribution in [2.45, 2.75) is 19.4 Å². The zero-order chi connectivity index (χ0) is 27.5. The Kier molecular flexibility index (Phi) is 6.98. The van der Waals surface area contributed by atoms with Crippen LogP contribution in [-0.4, -0.2) is 29.9 Å². The fraction of sp³-hybridized carbons (Fsp3) is 0.147. The molecule has 0 unspecified atom stereocenters. The molecular formula is C34H30N4O2. The number of methoxy groups -OCH3 is 2. The van der Waals surface area contributed by atoms with E-state index in [1.807, 2.05) is 53.5 Å². The number of hydrogen-bond acceptors (Lipinski definition) is 6. The van der Waals surface area contributed by atoms with Crippen LogP contribution in [0, 0.1) is 6.92 Å². The van der Waals surface area contributed by atoms with E-state index in [-0.39, 0.29) is 6.04 Å². The fourth-order valence-corrected chi connectivity index (χ4v) is 4.99. The number of rotatable bonds is 7. The van der Waals surface area contributed by atoms with Crippen LogP contribution in [0.3, 0.4) is 0 Å². The van der Waals surface area contributed by atoms with E-state index in [0.29, 0.717) is 17.4 Å². The molecule has 2 heterocycles. The molecule has 0 radical (unpaired) electrons. The average Bonchev–Trinajstić information content (AvgIpc) is 3.47. The summed E-state index contributed by atoms with van der Waals surface area (Å²) < 4.78 is 11.1. The second-order valence-corrected chi connectivity index (χ2v) is 9.76. The highest BCUT2D eigenvalue weighted by atomic mass is 16.5. The van der Waals surface area contributed by atoms with Crippen LogP contribution in [0.15, 0.2) is 114 Å². The summed E-state index contributed by atoms with van der Waals surface area (Å²) in [4.78, 5) is 10.1. The van der Waals surface area contributed by atoms with Gasteiger partial charge in [-0.25, -0.2) is 15.0 Å². The van der Waals surface area contributed by atoms with Gasteiger partial charge in [-0.2, -0.15) is 5.10 Å². The van der Waals surface area contributed by atoms with Crippen LogP contribution in [0.1, 0.15) is 29.2 Å². The quantitative estimate of drug-likeness (QED) is 0.220. The van der Waals surface area contributed by atoms with Crippen molar-refractivity contribution in [2.75, 3.05) is 19.2 Å². The standard InChI is InChI=1S/C34H30N4O2/c1-23-14-16-25(17-15-23)28-21-29(27-18-19-32(39-2)33(20-27)40-3)36-34(35-28)38-31(26-12-8-5-9-13-26)22-30(37-38)24-10-6-4-7-11-24/h4-21,31H,22H2,1-3H3/t31-/m1/s1. The Morgan fingerprint density at radius 2 is 1.27 bits per heavy atom. The Morgan fingerprint density at radius 3 is 1.95 bits per heavy atom. The second-order valence-electron chi connectivity index (χ2n) is 9.76. The van der Waals surface area contributed by atoms with Crippen molar-refractivity contribution in [3.05, 3.63) is 126 Å². The summed E-state index contributed by atoms with van der Waals surface area (Å²) in [5.41, 5.74) is 7.97. The fourth-order valence-electron chi connectivity index (χ4n) is 4.99. The van der Waals surface area contributed by atoms with Gasteiger partial charge < -0.3 is 9.47 Å². The molecule has 0 saturated carbocycles. The highest BCUT2D eigenvalue weighted by Crippen LogP contribution is 2.38. The van der Waals surface area contributed by atoms with E-state index in [1.54, 1.807) is 14.2 Å². The average molecular weight is 527 g/mol. The molecule has 0 saturated heterocycles. The Labute approximate surface area is 234 Å². The Hall–Kier alpha value is -4.97. The Balaban J connectivity index is 1.52. The molecule has 198 valence electrons. The van der Waals surface area contributed by atoms with Crippen LogP contribution in [-0.2, 0) is 0 Å². The topological polar surface area (TPSA) is 59.8 Å². The number of anilines is 1. The summed E-state index contributed by atoms with van der Waals surface area (Å²) in [7, 11) is 3.27. The largest absolute Gasteiger partial charge is 0.493 e. The lowest BCUT2D eigenvalue weighted by atomic mass is 9.98. The van der Waals surface area contributed by atoms with E-state index in [2.05, 4.69) is 67.6 Å². The first kappa shape index (κ1) is 25.3. The first-order valence-corrected chi connectivity index (χ1v) is 13.3. The van der Waals surface area contributed by atoms with Crippen molar-refractivity contribution in [2.24, 2.45) is 5.10 Å². The molecular weight excluding hydrogens is 496 g/mol. The highest BCUT2D eigenvalue weighted by Gasteiger charge is 2.32. The number of nitrogens with zero attached hydrogens (tertiary/aromatic N) is 4. The third kappa shape index (κ3) is 5.04. The molecule has 1 aromatic heterocycles. The highest BCUT2D eigenvalue weighted by molar-refractivity contribution is 6.03. The van der Waals surface area contributed by atoms with Crippen LogP contribution in [0.5, 0.6) is 11.5 Å². The Morgan fingerprint density at radius 1 is 0.650 bits per heavy atom. The van der Waals surface area contributed by atoms with Crippen LogP contribution in [0.4, 0.5) is 5.95 Å². The number of hydrazone groups is 1. The van der Waals surface area contributed by atoms with Crippen molar-refractivity contribution >= 4 is 11.7 Å². The van der Waals surface area contributed by atoms with E-state index in [0.717, 1.165) is 45.8 Å². The van der Waals surface area contributed by atoms with Gasteiger partial charge in [0.2, 0.25) is 5.95 Å².